The number of aliphatic hydroxyl groups is 1. The number of hydrogen-bond acceptors (Lipinski definition) is 4. The zero-order valence-corrected chi connectivity index (χ0v) is 10.9. The zero-order chi connectivity index (χ0) is 13.7. The Labute approximate surface area is 113 Å². The van der Waals surface area contributed by atoms with Gasteiger partial charge in [0.05, 0.1) is 6.10 Å². The van der Waals surface area contributed by atoms with Gasteiger partial charge in [-0.2, -0.15) is 0 Å². The van der Waals surface area contributed by atoms with E-state index in [9.17, 15) is 5.11 Å². The normalized spacial score (nSPS) is 23.7. The van der Waals surface area contributed by atoms with Crippen molar-refractivity contribution in [1.29, 1.82) is 0 Å². The van der Waals surface area contributed by atoms with Crippen molar-refractivity contribution in [2.45, 2.75) is 31.9 Å². The summed E-state index contributed by atoms with van der Waals surface area (Å²) in [6.07, 6.45) is 2.80. The topological polar surface area (TPSA) is 90.9 Å². The van der Waals surface area contributed by atoms with Crippen molar-refractivity contribution in [3.63, 3.8) is 0 Å². The molecule has 19 heavy (non-hydrogen) atoms. The van der Waals surface area contributed by atoms with E-state index < -0.39 is 0 Å². The molecule has 1 aliphatic rings. The summed E-state index contributed by atoms with van der Waals surface area (Å²) < 4.78 is 0. The summed E-state index contributed by atoms with van der Waals surface area (Å²) in [4.78, 5) is 0. The van der Waals surface area contributed by atoms with Crippen molar-refractivity contribution >= 4 is 5.84 Å². The van der Waals surface area contributed by atoms with E-state index in [0.717, 1.165) is 43.5 Å². The van der Waals surface area contributed by atoms with Crippen LogP contribution in [0.25, 0.3) is 0 Å². The fourth-order valence-corrected chi connectivity index (χ4v) is 2.55. The van der Waals surface area contributed by atoms with E-state index in [1.165, 1.54) is 0 Å². The van der Waals surface area contributed by atoms with Crippen LogP contribution >= 0.6 is 0 Å². The molecule has 2 rings (SSSR count). The van der Waals surface area contributed by atoms with Crippen LogP contribution in [-0.4, -0.2) is 28.8 Å². The molecular formula is C14H21N3O2. The first-order chi connectivity index (χ1) is 9.19. The van der Waals surface area contributed by atoms with E-state index in [4.69, 9.17) is 10.9 Å². The summed E-state index contributed by atoms with van der Waals surface area (Å²) in [5, 5.41) is 24.5. The van der Waals surface area contributed by atoms with Gasteiger partial charge in [0.15, 0.2) is 5.84 Å². The van der Waals surface area contributed by atoms with Crippen molar-refractivity contribution in [3.05, 3.63) is 35.4 Å². The van der Waals surface area contributed by atoms with Gasteiger partial charge in [0, 0.05) is 12.1 Å². The summed E-state index contributed by atoms with van der Waals surface area (Å²) in [5.74, 6) is 0.697. The Hall–Kier alpha value is -1.59. The Morgan fingerprint density at radius 2 is 2.26 bits per heavy atom. The monoisotopic (exact) mass is 263 g/mol. The quantitative estimate of drug-likeness (QED) is 0.276. The van der Waals surface area contributed by atoms with E-state index >= 15 is 0 Å². The summed E-state index contributed by atoms with van der Waals surface area (Å²) in [6, 6.07) is 7.62. The van der Waals surface area contributed by atoms with Crippen molar-refractivity contribution in [3.8, 4) is 0 Å². The van der Waals surface area contributed by atoms with Crippen LogP contribution in [0.2, 0.25) is 0 Å². The SMILES string of the molecule is N/C(=N/O)c1cccc(CNCC2CCC(O)C2)c1. The van der Waals surface area contributed by atoms with E-state index in [-0.39, 0.29) is 11.9 Å². The fraction of sp³-hybridized carbons (Fsp3) is 0.500. The lowest BCUT2D eigenvalue weighted by atomic mass is 10.1. The van der Waals surface area contributed by atoms with Crippen LogP contribution in [0.5, 0.6) is 0 Å². The molecule has 1 aromatic carbocycles. The Morgan fingerprint density at radius 3 is 2.95 bits per heavy atom. The van der Waals surface area contributed by atoms with Gasteiger partial charge in [-0.15, -0.1) is 0 Å². The number of aliphatic hydroxyl groups excluding tert-OH is 1. The van der Waals surface area contributed by atoms with Crippen molar-refractivity contribution < 1.29 is 10.3 Å². The van der Waals surface area contributed by atoms with E-state index in [0.29, 0.717) is 5.92 Å². The standard InChI is InChI=1S/C14H21N3O2/c15-14(17-19)12-3-1-2-10(6-12)8-16-9-11-4-5-13(18)7-11/h1-3,6,11,13,16,18-19H,4-5,7-9H2,(H2,15,17). The molecule has 1 fully saturated rings. The molecule has 1 saturated carbocycles. The first-order valence-corrected chi connectivity index (χ1v) is 6.64. The second-order valence-corrected chi connectivity index (χ2v) is 5.15. The Balaban J connectivity index is 1.83. The smallest absolute Gasteiger partial charge is 0.170 e. The van der Waals surface area contributed by atoms with Crippen molar-refractivity contribution in [2.75, 3.05) is 6.54 Å². The number of hydrogen-bond donors (Lipinski definition) is 4. The molecule has 0 aliphatic heterocycles. The molecule has 5 N–H and O–H groups in total. The number of amidine groups is 1. The lowest BCUT2D eigenvalue weighted by molar-refractivity contribution is 0.177. The minimum Gasteiger partial charge on any atom is -0.409 e. The van der Waals surface area contributed by atoms with E-state index in [2.05, 4.69) is 10.5 Å². The molecular weight excluding hydrogens is 242 g/mol. The zero-order valence-electron chi connectivity index (χ0n) is 10.9. The van der Waals surface area contributed by atoms with Gasteiger partial charge in [-0.05, 0) is 43.4 Å². The van der Waals surface area contributed by atoms with Gasteiger partial charge in [0.2, 0.25) is 0 Å². The second kappa shape index (κ2) is 6.54. The van der Waals surface area contributed by atoms with Crippen LogP contribution in [0.4, 0.5) is 0 Å². The van der Waals surface area contributed by atoms with Gasteiger partial charge in [0.1, 0.15) is 0 Å². The number of oxime groups is 1. The molecule has 0 spiro atoms. The molecule has 1 aliphatic carbocycles. The van der Waals surface area contributed by atoms with Crippen LogP contribution in [0.3, 0.4) is 0 Å². The first kappa shape index (κ1) is 13.8. The Kier molecular flexibility index (Phi) is 4.76. The molecule has 104 valence electrons. The minimum absolute atomic E-state index is 0.115. The van der Waals surface area contributed by atoms with Gasteiger partial charge in [0.25, 0.3) is 0 Å². The maximum Gasteiger partial charge on any atom is 0.170 e. The lowest BCUT2D eigenvalue weighted by Crippen LogP contribution is -2.21. The predicted octanol–water partition coefficient (Wildman–Crippen LogP) is 1.03. The second-order valence-electron chi connectivity index (χ2n) is 5.15. The van der Waals surface area contributed by atoms with Gasteiger partial charge in [-0.3, -0.25) is 0 Å². The molecule has 1 aromatic rings. The van der Waals surface area contributed by atoms with Gasteiger partial charge >= 0.3 is 0 Å². The summed E-state index contributed by atoms with van der Waals surface area (Å²) >= 11 is 0. The molecule has 5 heteroatoms. The fourth-order valence-electron chi connectivity index (χ4n) is 2.55. The first-order valence-electron chi connectivity index (χ1n) is 6.64. The molecule has 0 amide bonds. The molecule has 2 atom stereocenters. The van der Waals surface area contributed by atoms with Gasteiger partial charge in [-0.25, -0.2) is 0 Å². The number of nitrogens with zero attached hydrogens (tertiary/aromatic N) is 1. The van der Waals surface area contributed by atoms with Crippen molar-refractivity contribution in [1.82, 2.24) is 5.32 Å². The molecule has 0 aromatic heterocycles. The molecule has 0 radical (unpaired) electrons. The third-order valence-electron chi connectivity index (χ3n) is 3.61. The molecule has 0 heterocycles. The number of rotatable bonds is 5. The maximum atomic E-state index is 9.46. The highest BCUT2D eigenvalue weighted by Gasteiger charge is 2.21. The molecule has 0 bridgehead atoms. The average molecular weight is 263 g/mol. The average Bonchev–Trinajstić information content (AvgIpc) is 2.84. The van der Waals surface area contributed by atoms with Crippen LogP contribution in [-0.2, 0) is 6.54 Å². The number of benzene rings is 1. The van der Waals surface area contributed by atoms with Gasteiger partial charge in [-0.1, -0.05) is 23.4 Å². The Morgan fingerprint density at radius 1 is 1.42 bits per heavy atom. The Bertz CT molecular complexity index is 448. The minimum atomic E-state index is -0.115. The number of nitrogens with one attached hydrogen (secondary N) is 1. The van der Waals surface area contributed by atoms with Crippen LogP contribution in [0.15, 0.2) is 29.4 Å². The van der Waals surface area contributed by atoms with E-state index in [1.54, 1.807) is 0 Å². The summed E-state index contributed by atoms with van der Waals surface area (Å²) in [5.41, 5.74) is 7.38. The maximum absolute atomic E-state index is 9.46. The molecule has 5 nitrogen and oxygen atoms in total. The van der Waals surface area contributed by atoms with Crippen LogP contribution in [0.1, 0.15) is 30.4 Å². The third kappa shape index (κ3) is 3.94. The largest absolute Gasteiger partial charge is 0.409 e. The lowest BCUT2D eigenvalue weighted by Gasteiger charge is -2.11. The van der Waals surface area contributed by atoms with Crippen molar-refractivity contribution in [2.24, 2.45) is 16.8 Å². The van der Waals surface area contributed by atoms with E-state index in [1.807, 2.05) is 24.3 Å². The summed E-state index contributed by atoms with van der Waals surface area (Å²) in [6.45, 7) is 1.67. The highest BCUT2D eigenvalue weighted by Crippen LogP contribution is 2.24. The van der Waals surface area contributed by atoms with Crippen LogP contribution in [0, 0.1) is 5.92 Å². The highest BCUT2D eigenvalue weighted by atomic mass is 16.4. The molecule has 0 saturated heterocycles. The third-order valence-corrected chi connectivity index (χ3v) is 3.61. The summed E-state index contributed by atoms with van der Waals surface area (Å²) in [7, 11) is 0. The highest BCUT2D eigenvalue weighted by molar-refractivity contribution is 5.97. The predicted molar refractivity (Wildman–Crippen MR) is 74.0 cm³/mol. The van der Waals surface area contributed by atoms with Crippen LogP contribution < -0.4 is 11.1 Å². The molecule has 2 unspecified atom stereocenters. The van der Waals surface area contributed by atoms with Gasteiger partial charge < -0.3 is 21.4 Å². The number of nitrogens with two attached hydrogens (primary N) is 1.